The molecule has 0 aromatic heterocycles. The predicted molar refractivity (Wildman–Crippen MR) is 92.8 cm³/mol. The lowest BCUT2D eigenvalue weighted by molar-refractivity contribution is 0.0915. The molecular weight excluding hydrogens is 306 g/mol. The lowest BCUT2D eigenvalue weighted by Gasteiger charge is -2.15. The summed E-state index contributed by atoms with van der Waals surface area (Å²) in [6.45, 7) is 3.94. The van der Waals surface area contributed by atoms with E-state index in [2.05, 4.69) is 5.32 Å². The fourth-order valence-electron chi connectivity index (χ4n) is 2.44. The Morgan fingerprint density at radius 3 is 2.46 bits per heavy atom. The topological polar surface area (TPSA) is 67.8 Å². The van der Waals surface area contributed by atoms with Crippen LogP contribution in [-0.4, -0.2) is 31.8 Å². The first-order chi connectivity index (χ1) is 11.5. The summed E-state index contributed by atoms with van der Waals surface area (Å²) in [6, 6.07) is 10.9. The summed E-state index contributed by atoms with van der Waals surface area (Å²) >= 11 is 0. The van der Waals surface area contributed by atoms with E-state index in [1.807, 2.05) is 32.0 Å². The molecule has 5 nitrogen and oxygen atoms in total. The summed E-state index contributed by atoms with van der Waals surface area (Å²) < 4.78 is 10.4. The maximum Gasteiger partial charge on any atom is 0.251 e. The van der Waals surface area contributed by atoms with E-state index in [1.165, 1.54) is 7.11 Å². The van der Waals surface area contributed by atoms with Gasteiger partial charge in [0.15, 0.2) is 11.5 Å². The molecule has 2 rings (SSSR count). The minimum absolute atomic E-state index is 0.113. The number of carbonyl (C=O) groups is 1. The summed E-state index contributed by atoms with van der Waals surface area (Å²) in [6.07, 6.45) is -0.834. The number of hydrogen-bond acceptors (Lipinski definition) is 4. The maximum absolute atomic E-state index is 12.3. The van der Waals surface area contributed by atoms with Crippen LogP contribution in [-0.2, 0) is 0 Å². The highest BCUT2D eigenvalue weighted by Gasteiger charge is 2.14. The van der Waals surface area contributed by atoms with Crippen molar-refractivity contribution < 1.29 is 19.4 Å². The second-order valence-corrected chi connectivity index (χ2v) is 5.66. The molecule has 0 radical (unpaired) electrons. The van der Waals surface area contributed by atoms with Crippen LogP contribution >= 0.6 is 0 Å². The Balaban J connectivity index is 2.06. The highest BCUT2D eigenvalue weighted by atomic mass is 16.5. The van der Waals surface area contributed by atoms with Crippen LogP contribution in [0.2, 0.25) is 0 Å². The zero-order chi connectivity index (χ0) is 17.7. The Morgan fingerprint density at radius 1 is 1.08 bits per heavy atom. The molecule has 2 N–H and O–H groups in total. The molecule has 1 unspecified atom stereocenters. The van der Waals surface area contributed by atoms with Gasteiger partial charge in [-0.2, -0.15) is 0 Å². The van der Waals surface area contributed by atoms with E-state index in [4.69, 9.17) is 9.47 Å². The molecule has 2 aromatic rings. The molecule has 0 aliphatic rings. The molecule has 0 heterocycles. The lowest BCUT2D eigenvalue weighted by atomic mass is 10.0. The summed E-state index contributed by atoms with van der Waals surface area (Å²) in [4.78, 5) is 12.3. The van der Waals surface area contributed by atoms with Crippen molar-refractivity contribution >= 4 is 5.91 Å². The van der Waals surface area contributed by atoms with Gasteiger partial charge in [0.25, 0.3) is 5.91 Å². The van der Waals surface area contributed by atoms with Gasteiger partial charge in [-0.05, 0) is 43.2 Å². The molecule has 0 aliphatic heterocycles. The van der Waals surface area contributed by atoms with Gasteiger partial charge >= 0.3 is 0 Å². The van der Waals surface area contributed by atoms with E-state index < -0.39 is 6.10 Å². The van der Waals surface area contributed by atoms with Gasteiger partial charge in [0, 0.05) is 12.1 Å². The van der Waals surface area contributed by atoms with Crippen molar-refractivity contribution in [3.8, 4) is 11.5 Å². The molecule has 0 bridgehead atoms. The van der Waals surface area contributed by atoms with Gasteiger partial charge in [-0.15, -0.1) is 0 Å². The van der Waals surface area contributed by atoms with E-state index >= 15 is 0 Å². The first kappa shape index (κ1) is 17.8. The average molecular weight is 329 g/mol. The fraction of sp³-hybridized carbons (Fsp3) is 0.316. The van der Waals surface area contributed by atoms with Crippen LogP contribution in [0.15, 0.2) is 36.4 Å². The van der Waals surface area contributed by atoms with Gasteiger partial charge in [0.2, 0.25) is 0 Å². The largest absolute Gasteiger partial charge is 0.493 e. The predicted octanol–water partition coefficient (Wildman–Crippen LogP) is 2.78. The van der Waals surface area contributed by atoms with E-state index in [9.17, 15) is 9.90 Å². The SMILES string of the molecule is COc1ccc(C(O)CNC(=O)c2cc(C)ccc2C)cc1OC. The van der Waals surface area contributed by atoms with E-state index in [1.54, 1.807) is 25.3 Å². The Hall–Kier alpha value is -2.53. The third-order valence-electron chi connectivity index (χ3n) is 3.89. The summed E-state index contributed by atoms with van der Waals surface area (Å²) in [5.41, 5.74) is 3.19. The van der Waals surface area contributed by atoms with E-state index in [-0.39, 0.29) is 12.5 Å². The number of methoxy groups -OCH3 is 2. The zero-order valence-electron chi connectivity index (χ0n) is 14.4. The highest BCUT2D eigenvalue weighted by molar-refractivity contribution is 5.95. The van der Waals surface area contributed by atoms with Gasteiger partial charge < -0.3 is 19.9 Å². The standard InChI is InChI=1S/C19H23NO4/c1-12-5-6-13(2)15(9-12)19(22)20-11-16(21)14-7-8-17(23-3)18(10-14)24-4/h5-10,16,21H,11H2,1-4H3,(H,20,22). The summed E-state index contributed by atoms with van der Waals surface area (Å²) in [5, 5.41) is 13.1. The Kier molecular flexibility index (Phi) is 5.82. The normalized spacial score (nSPS) is 11.7. The van der Waals surface area contributed by atoms with Crippen LogP contribution in [0.5, 0.6) is 11.5 Å². The number of ether oxygens (including phenoxy) is 2. The van der Waals surface area contributed by atoms with Crippen LogP contribution in [0.25, 0.3) is 0 Å². The molecule has 0 aliphatic carbocycles. The molecule has 0 fully saturated rings. The quantitative estimate of drug-likeness (QED) is 0.855. The van der Waals surface area contributed by atoms with Crippen molar-refractivity contribution in [2.75, 3.05) is 20.8 Å². The van der Waals surface area contributed by atoms with Crippen LogP contribution in [0.4, 0.5) is 0 Å². The molecule has 2 aromatic carbocycles. The van der Waals surface area contributed by atoms with Crippen LogP contribution in [0, 0.1) is 13.8 Å². The molecular formula is C19H23NO4. The molecule has 1 amide bonds. The highest BCUT2D eigenvalue weighted by Crippen LogP contribution is 2.29. The van der Waals surface area contributed by atoms with Crippen molar-refractivity contribution in [2.45, 2.75) is 20.0 Å². The number of nitrogens with one attached hydrogen (secondary N) is 1. The second kappa shape index (κ2) is 7.84. The smallest absolute Gasteiger partial charge is 0.251 e. The molecule has 0 saturated heterocycles. The van der Waals surface area contributed by atoms with Crippen LogP contribution in [0.1, 0.15) is 33.2 Å². The summed E-state index contributed by atoms with van der Waals surface area (Å²) in [5.74, 6) is 0.929. The average Bonchev–Trinajstić information content (AvgIpc) is 2.60. The number of aliphatic hydroxyl groups excluding tert-OH is 1. The van der Waals surface area contributed by atoms with Gasteiger partial charge in [-0.25, -0.2) is 0 Å². The maximum atomic E-state index is 12.3. The zero-order valence-corrected chi connectivity index (χ0v) is 14.4. The number of amides is 1. The number of hydrogen-bond donors (Lipinski definition) is 2. The van der Waals surface area contributed by atoms with Crippen molar-refractivity contribution in [3.63, 3.8) is 0 Å². The number of rotatable bonds is 6. The van der Waals surface area contributed by atoms with Crippen molar-refractivity contribution in [2.24, 2.45) is 0 Å². The Labute approximate surface area is 142 Å². The second-order valence-electron chi connectivity index (χ2n) is 5.66. The number of benzene rings is 2. The lowest BCUT2D eigenvalue weighted by Crippen LogP contribution is -2.29. The van der Waals surface area contributed by atoms with Crippen molar-refractivity contribution in [3.05, 3.63) is 58.7 Å². The Morgan fingerprint density at radius 2 is 1.79 bits per heavy atom. The molecule has 24 heavy (non-hydrogen) atoms. The van der Waals surface area contributed by atoms with Gasteiger partial charge in [-0.3, -0.25) is 4.79 Å². The van der Waals surface area contributed by atoms with E-state index in [0.717, 1.165) is 11.1 Å². The molecule has 0 saturated carbocycles. The molecule has 5 heteroatoms. The molecule has 0 spiro atoms. The van der Waals surface area contributed by atoms with Crippen LogP contribution < -0.4 is 14.8 Å². The Bertz CT molecular complexity index is 727. The van der Waals surface area contributed by atoms with Gasteiger partial charge in [0.1, 0.15) is 0 Å². The van der Waals surface area contributed by atoms with Gasteiger partial charge in [-0.1, -0.05) is 23.8 Å². The van der Waals surface area contributed by atoms with Crippen molar-refractivity contribution in [1.29, 1.82) is 0 Å². The monoisotopic (exact) mass is 329 g/mol. The first-order valence-electron chi connectivity index (χ1n) is 7.71. The van der Waals surface area contributed by atoms with E-state index in [0.29, 0.717) is 22.6 Å². The van der Waals surface area contributed by atoms with Gasteiger partial charge in [0.05, 0.1) is 20.3 Å². The van der Waals surface area contributed by atoms with Crippen molar-refractivity contribution in [1.82, 2.24) is 5.32 Å². The summed E-state index contributed by atoms with van der Waals surface area (Å²) in [7, 11) is 3.09. The fourth-order valence-corrected chi connectivity index (χ4v) is 2.44. The number of aliphatic hydroxyl groups is 1. The number of aryl methyl sites for hydroxylation is 2. The van der Waals surface area contributed by atoms with Crippen LogP contribution in [0.3, 0.4) is 0 Å². The molecule has 1 atom stereocenters. The third-order valence-corrected chi connectivity index (χ3v) is 3.89. The third kappa shape index (κ3) is 4.06. The first-order valence-corrected chi connectivity index (χ1v) is 7.71. The molecule has 128 valence electrons. The number of carbonyl (C=O) groups excluding carboxylic acids is 1. The minimum atomic E-state index is -0.834. The minimum Gasteiger partial charge on any atom is -0.493 e.